The van der Waals surface area contributed by atoms with Crippen LogP contribution in [0, 0.1) is 0 Å². The maximum absolute atomic E-state index is 12.7. The topological polar surface area (TPSA) is 101 Å². The molecule has 0 atom stereocenters. The zero-order valence-corrected chi connectivity index (χ0v) is 19.9. The lowest BCUT2D eigenvalue weighted by molar-refractivity contribution is 0.0526. The summed E-state index contributed by atoms with van der Waals surface area (Å²) in [6.07, 6.45) is 4.88. The largest absolute Gasteiger partial charge is 0.462 e. The minimum Gasteiger partial charge on any atom is -0.462 e. The van der Waals surface area contributed by atoms with Gasteiger partial charge in [-0.1, -0.05) is 25.0 Å². The van der Waals surface area contributed by atoms with Crippen molar-refractivity contribution < 1.29 is 17.9 Å². The number of nitrogens with zero attached hydrogens (tertiary/aromatic N) is 3. The average Bonchev–Trinajstić information content (AvgIpc) is 3.14. The molecule has 0 bridgehead atoms. The van der Waals surface area contributed by atoms with Crippen molar-refractivity contribution in [3.8, 4) is 11.3 Å². The zero-order valence-electron chi connectivity index (χ0n) is 19.1. The van der Waals surface area contributed by atoms with Gasteiger partial charge in [0, 0.05) is 24.3 Å². The number of hydrogen-bond donors (Lipinski definition) is 1. The molecule has 0 amide bonds. The summed E-state index contributed by atoms with van der Waals surface area (Å²) in [5.41, 5.74) is 2.29. The Balaban J connectivity index is 1.42. The van der Waals surface area contributed by atoms with Crippen LogP contribution in [0.25, 0.3) is 11.3 Å². The van der Waals surface area contributed by atoms with Crippen LogP contribution in [0.1, 0.15) is 43.0 Å². The quantitative estimate of drug-likeness (QED) is 0.497. The van der Waals surface area contributed by atoms with Crippen molar-refractivity contribution in [1.82, 2.24) is 10.2 Å². The van der Waals surface area contributed by atoms with Gasteiger partial charge in [-0.05, 0) is 68.3 Å². The van der Waals surface area contributed by atoms with Crippen LogP contribution in [-0.4, -0.2) is 44.3 Å². The highest BCUT2D eigenvalue weighted by Gasteiger charge is 2.16. The number of hydrogen-bond acceptors (Lipinski definition) is 7. The SMILES string of the molecule is CCOC(=O)c1ccc(S(=O)(=O)Nc2ccc(-c3ccc(N4CCCCCC4)nn3)cc2)cc1. The van der Waals surface area contributed by atoms with E-state index in [0.717, 1.165) is 30.2 Å². The lowest BCUT2D eigenvalue weighted by Gasteiger charge is -2.20. The minimum absolute atomic E-state index is 0.0552. The van der Waals surface area contributed by atoms with E-state index in [1.165, 1.54) is 49.9 Å². The number of ether oxygens (including phenoxy) is 1. The number of sulfonamides is 1. The van der Waals surface area contributed by atoms with E-state index >= 15 is 0 Å². The number of anilines is 2. The van der Waals surface area contributed by atoms with Crippen molar-refractivity contribution in [2.45, 2.75) is 37.5 Å². The summed E-state index contributed by atoms with van der Waals surface area (Å²) in [6, 6.07) is 16.5. The molecule has 1 aromatic heterocycles. The van der Waals surface area contributed by atoms with E-state index < -0.39 is 16.0 Å². The van der Waals surface area contributed by atoms with Crippen molar-refractivity contribution in [2.75, 3.05) is 29.3 Å². The van der Waals surface area contributed by atoms with E-state index in [9.17, 15) is 13.2 Å². The molecule has 8 nitrogen and oxygen atoms in total. The normalized spacial score (nSPS) is 14.3. The predicted octanol–water partition coefficient (Wildman–Crippen LogP) is 4.50. The number of aromatic nitrogens is 2. The summed E-state index contributed by atoms with van der Waals surface area (Å²) >= 11 is 0. The molecule has 0 saturated carbocycles. The standard InChI is InChI=1S/C25H28N4O4S/c1-2-33-25(30)20-9-13-22(14-10-20)34(31,32)28-21-11-7-19(8-12-21)23-15-16-24(27-26-23)29-17-5-3-4-6-18-29/h7-16,28H,2-6,17-18H2,1H3. The molecule has 1 N–H and O–H groups in total. The molecule has 0 aliphatic carbocycles. The van der Waals surface area contributed by atoms with Crippen LogP contribution in [0.4, 0.5) is 11.5 Å². The van der Waals surface area contributed by atoms with Gasteiger partial charge < -0.3 is 9.64 Å². The summed E-state index contributed by atoms with van der Waals surface area (Å²) in [6.45, 7) is 3.98. The molecule has 178 valence electrons. The molecule has 9 heteroatoms. The Morgan fingerprint density at radius 3 is 2.18 bits per heavy atom. The molecule has 1 aliphatic rings. The first-order valence-corrected chi connectivity index (χ1v) is 12.9. The summed E-state index contributed by atoms with van der Waals surface area (Å²) < 4.78 is 32.9. The summed E-state index contributed by atoms with van der Waals surface area (Å²) in [4.78, 5) is 14.1. The molecule has 1 fully saturated rings. The van der Waals surface area contributed by atoms with Crippen LogP contribution in [0.5, 0.6) is 0 Å². The first-order valence-electron chi connectivity index (χ1n) is 11.5. The van der Waals surface area contributed by atoms with Crippen LogP contribution in [-0.2, 0) is 14.8 Å². The first-order chi connectivity index (χ1) is 16.5. The van der Waals surface area contributed by atoms with Crippen LogP contribution < -0.4 is 9.62 Å². The third-order valence-electron chi connectivity index (χ3n) is 5.69. The van der Waals surface area contributed by atoms with E-state index in [1.54, 1.807) is 31.2 Å². The molecule has 4 rings (SSSR count). The Morgan fingerprint density at radius 2 is 1.59 bits per heavy atom. The lowest BCUT2D eigenvalue weighted by atomic mass is 10.1. The fourth-order valence-corrected chi connectivity index (χ4v) is 4.91. The van der Waals surface area contributed by atoms with E-state index in [-0.39, 0.29) is 11.5 Å². The van der Waals surface area contributed by atoms with Gasteiger partial charge in [-0.25, -0.2) is 13.2 Å². The molecule has 1 aliphatic heterocycles. The molecule has 0 spiro atoms. The highest BCUT2D eigenvalue weighted by Crippen LogP contribution is 2.23. The van der Waals surface area contributed by atoms with E-state index in [4.69, 9.17) is 4.74 Å². The van der Waals surface area contributed by atoms with Gasteiger partial charge in [0.15, 0.2) is 5.82 Å². The van der Waals surface area contributed by atoms with Gasteiger partial charge in [0.25, 0.3) is 10.0 Å². The molecule has 0 radical (unpaired) electrons. The number of benzene rings is 2. The maximum Gasteiger partial charge on any atom is 0.338 e. The Kier molecular flexibility index (Phi) is 7.42. The number of carbonyl (C=O) groups is 1. The molecule has 2 aromatic carbocycles. The van der Waals surface area contributed by atoms with Gasteiger partial charge in [0.1, 0.15) is 0 Å². The summed E-state index contributed by atoms with van der Waals surface area (Å²) in [5, 5.41) is 8.78. The third-order valence-corrected chi connectivity index (χ3v) is 7.09. The second-order valence-corrected chi connectivity index (χ2v) is 9.79. The number of esters is 1. The van der Waals surface area contributed by atoms with Crippen LogP contribution in [0.2, 0.25) is 0 Å². The highest BCUT2D eigenvalue weighted by atomic mass is 32.2. The van der Waals surface area contributed by atoms with E-state index in [2.05, 4.69) is 19.8 Å². The molecule has 34 heavy (non-hydrogen) atoms. The summed E-state index contributed by atoms with van der Waals surface area (Å²) in [5.74, 6) is 0.404. The molecular formula is C25H28N4O4S. The highest BCUT2D eigenvalue weighted by molar-refractivity contribution is 7.92. The van der Waals surface area contributed by atoms with E-state index in [0.29, 0.717) is 11.3 Å². The zero-order chi connectivity index (χ0) is 24.0. The number of carbonyl (C=O) groups excluding carboxylic acids is 1. The van der Waals surface area contributed by atoms with Gasteiger partial charge in [0.2, 0.25) is 0 Å². The van der Waals surface area contributed by atoms with Crippen molar-refractivity contribution in [2.24, 2.45) is 0 Å². The minimum atomic E-state index is -3.80. The average molecular weight is 481 g/mol. The second kappa shape index (κ2) is 10.6. The van der Waals surface area contributed by atoms with Crippen molar-refractivity contribution in [3.63, 3.8) is 0 Å². The lowest BCUT2D eigenvalue weighted by Crippen LogP contribution is -2.25. The molecule has 3 aromatic rings. The van der Waals surface area contributed by atoms with Crippen molar-refractivity contribution in [1.29, 1.82) is 0 Å². The van der Waals surface area contributed by atoms with E-state index in [1.807, 2.05) is 12.1 Å². The number of rotatable bonds is 7. The van der Waals surface area contributed by atoms with Gasteiger partial charge >= 0.3 is 5.97 Å². The van der Waals surface area contributed by atoms with Crippen LogP contribution in [0.15, 0.2) is 65.6 Å². The Labute approximate surface area is 200 Å². The Hall–Kier alpha value is -3.46. The van der Waals surface area contributed by atoms with Crippen LogP contribution in [0.3, 0.4) is 0 Å². The second-order valence-electron chi connectivity index (χ2n) is 8.11. The van der Waals surface area contributed by atoms with Crippen molar-refractivity contribution in [3.05, 3.63) is 66.2 Å². The fraction of sp³-hybridized carbons (Fsp3) is 0.320. The molecule has 1 saturated heterocycles. The fourth-order valence-electron chi connectivity index (χ4n) is 3.86. The van der Waals surface area contributed by atoms with Gasteiger partial charge in [-0.2, -0.15) is 0 Å². The predicted molar refractivity (Wildman–Crippen MR) is 131 cm³/mol. The third kappa shape index (κ3) is 5.72. The Morgan fingerprint density at radius 1 is 0.912 bits per heavy atom. The van der Waals surface area contributed by atoms with Crippen LogP contribution >= 0.6 is 0 Å². The molecule has 2 heterocycles. The summed E-state index contributed by atoms with van der Waals surface area (Å²) in [7, 11) is -3.80. The number of nitrogens with one attached hydrogen (secondary N) is 1. The van der Waals surface area contributed by atoms with Gasteiger partial charge in [0.05, 0.1) is 22.8 Å². The Bertz CT molecular complexity index is 1200. The van der Waals surface area contributed by atoms with Gasteiger partial charge in [-0.3, -0.25) is 4.72 Å². The molecular weight excluding hydrogens is 452 g/mol. The smallest absolute Gasteiger partial charge is 0.338 e. The molecule has 0 unspecified atom stereocenters. The first kappa shape index (κ1) is 23.7. The maximum atomic E-state index is 12.7. The van der Waals surface area contributed by atoms with Gasteiger partial charge in [-0.15, -0.1) is 10.2 Å². The monoisotopic (exact) mass is 480 g/mol. The van der Waals surface area contributed by atoms with Crippen molar-refractivity contribution >= 4 is 27.5 Å².